The molecule has 0 bridgehead atoms. The van der Waals surface area contributed by atoms with Crippen molar-refractivity contribution in [3.63, 3.8) is 0 Å². The number of anilines is 1. The zero-order valence-corrected chi connectivity index (χ0v) is 10.1. The minimum Gasteiger partial charge on any atom is -0.394 e. The molecule has 0 saturated heterocycles. The lowest BCUT2D eigenvalue weighted by atomic mass is 10.3. The number of aliphatic hydroxyl groups excluding tert-OH is 1. The Morgan fingerprint density at radius 3 is 2.69 bits per heavy atom. The van der Waals surface area contributed by atoms with Crippen LogP contribution in [0.3, 0.4) is 0 Å². The smallest absolute Gasteiger partial charge is 0.319 e. The summed E-state index contributed by atoms with van der Waals surface area (Å²) in [4.78, 5) is 11.4. The Hall–Kier alpha value is -0.970. The molecular formula is C10H12Cl2N2O2. The second kappa shape index (κ2) is 5.94. The molecule has 0 fully saturated rings. The molecule has 16 heavy (non-hydrogen) atoms. The van der Waals surface area contributed by atoms with Gasteiger partial charge in [-0.2, -0.15) is 0 Å². The van der Waals surface area contributed by atoms with Crippen molar-refractivity contribution in [3.8, 4) is 0 Å². The second-order valence-corrected chi connectivity index (χ2v) is 4.13. The fourth-order valence-corrected chi connectivity index (χ4v) is 1.31. The van der Waals surface area contributed by atoms with Crippen LogP contribution in [-0.2, 0) is 0 Å². The van der Waals surface area contributed by atoms with Crippen LogP contribution in [-0.4, -0.2) is 23.8 Å². The molecule has 0 radical (unpaired) electrons. The summed E-state index contributed by atoms with van der Waals surface area (Å²) in [5, 5.41) is 14.7. The average molecular weight is 263 g/mol. The summed E-state index contributed by atoms with van der Waals surface area (Å²) in [6.45, 7) is 1.57. The van der Waals surface area contributed by atoms with Crippen LogP contribution in [0.4, 0.5) is 10.5 Å². The zero-order valence-electron chi connectivity index (χ0n) is 8.63. The molecule has 3 N–H and O–H groups in total. The summed E-state index contributed by atoms with van der Waals surface area (Å²) in [6.07, 6.45) is 0. The third-order valence-corrected chi connectivity index (χ3v) is 2.57. The van der Waals surface area contributed by atoms with E-state index in [4.69, 9.17) is 28.3 Å². The van der Waals surface area contributed by atoms with E-state index in [1.54, 1.807) is 25.1 Å². The number of carbonyl (C=O) groups is 1. The quantitative estimate of drug-likeness (QED) is 0.784. The van der Waals surface area contributed by atoms with Gasteiger partial charge in [0.25, 0.3) is 0 Å². The largest absolute Gasteiger partial charge is 0.394 e. The fourth-order valence-electron chi connectivity index (χ4n) is 1.01. The first-order valence-electron chi connectivity index (χ1n) is 4.66. The average Bonchev–Trinajstić information content (AvgIpc) is 2.23. The van der Waals surface area contributed by atoms with Gasteiger partial charge in [-0.25, -0.2) is 4.79 Å². The highest BCUT2D eigenvalue weighted by Crippen LogP contribution is 2.24. The third kappa shape index (κ3) is 3.89. The van der Waals surface area contributed by atoms with Gasteiger partial charge in [-0.3, -0.25) is 0 Å². The minimum absolute atomic E-state index is 0.116. The van der Waals surface area contributed by atoms with E-state index in [-0.39, 0.29) is 12.6 Å². The second-order valence-electron chi connectivity index (χ2n) is 3.31. The standard InChI is InChI=1S/C10H12Cl2N2O2/c1-6(5-15)13-10(16)14-7-2-3-8(11)9(12)4-7/h2-4,6,15H,5H2,1H3,(H2,13,14,16). The summed E-state index contributed by atoms with van der Waals surface area (Å²) in [5.74, 6) is 0. The molecule has 0 saturated carbocycles. The van der Waals surface area contributed by atoms with Gasteiger partial charge < -0.3 is 15.7 Å². The van der Waals surface area contributed by atoms with Gasteiger partial charge in [0.2, 0.25) is 0 Å². The molecule has 4 nitrogen and oxygen atoms in total. The van der Waals surface area contributed by atoms with Crippen LogP contribution in [0.15, 0.2) is 18.2 Å². The van der Waals surface area contributed by atoms with Crippen molar-refractivity contribution in [2.45, 2.75) is 13.0 Å². The normalized spacial score (nSPS) is 12.0. The molecule has 2 amide bonds. The molecule has 1 aromatic rings. The Bertz CT molecular complexity index is 385. The Balaban J connectivity index is 2.59. The summed E-state index contributed by atoms with van der Waals surface area (Å²) in [5.41, 5.74) is 0.539. The van der Waals surface area contributed by atoms with E-state index >= 15 is 0 Å². The highest BCUT2D eigenvalue weighted by Gasteiger charge is 2.06. The number of carbonyl (C=O) groups excluding carboxylic acids is 1. The van der Waals surface area contributed by atoms with Gasteiger partial charge in [0.15, 0.2) is 0 Å². The van der Waals surface area contributed by atoms with E-state index < -0.39 is 6.03 Å². The van der Waals surface area contributed by atoms with Gasteiger partial charge in [0.05, 0.1) is 22.7 Å². The first-order chi connectivity index (χ1) is 7.52. The highest BCUT2D eigenvalue weighted by atomic mass is 35.5. The van der Waals surface area contributed by atoms with Crippen LogP contribution < -0.4 is 10.6 Å². The summed E-state index contributed by atoms with van der Waals surface area (Å²) in [6, 6.07) is 4.07. The molecule has 0 aliphatic carbocycles. The molecule has 1 rings (SSSR count). The SMILES string of the molecule is CC(CO)NC(=O)Nc1ccc(Cl)c(Cl)c1. The molecule has 0 spiro atoms. The topological polar surface area (TPSA) is 61.4 Å². The molecule has 1 atom stereocenters. The molecule has 0 aliphatic heterocycles. The third-order valence-electron chi connectivity index (χ3n) is 1.83. The molecule has 1 unspecified atom stereocenters. The van der Waals surface area contributed by atoms with E-state index in [0.717, 1.165) is 0 Å². The van der Waals surface area contributed by atoms with Crippen molar-refractivity contribution >= 4 is 34.9 Å². The molecule has 88 valence electrons. The van der Waals surface area contributed by atoms with E-state index in [9.17, 15) is 4.79 Å². The van der Waals surface area contributed by atoms with E-state index in [1.807, 2.05) is 0 Å². The Morgan fingerprint density at radius 1 is 1.44 bits per heavy atom. The van der Waals surface area contributed by atoms with Crippen molar-refractivity contribution in [3.05, 3.63) is 28.2 Å². The molecular weight excluding hydrogens is 251 g/mol. The lowest BCUT2D eigenvalue weighted by molar-refractivity contribution is 0.229. The lowest BCUT2D eigenvalue weighted by Gasteiger charge is -2.12. The van der Waals surface area contributed by atoms with Gasteiger partial charge in [-0.15, -0.1) is 0 Å². The number of hydrogen-bond acceptors (Lipinski definition) is 2. The van der Waals surface area contributed by atoms with E-state index in [0.29, 0.717) is 15.7 Å². The summed E-state index contributed by atoms with van der Waals surface area (Å²) >= 11 is 11.5. The number of aliphatic hydroxyl groups is 1. The van der Waals surface area contributed by atoms with Gasteiger partial charge in [-0.1, -0.05) is 23.2 Å². The molecule has 0 heterocycles. The monoisotopic (exact) mass is 262 g/mol. The zero-order chi connectivity index (χ0) is 12.1. The van der Waals surface area contributed by atoms with Crippen molar-refractivity contribution in [1.29, 1.82) is 0 Å². The number of urea groups is 1. The first kappa shape index (κ1) is 13.1. The van der Waals surface area contributed by atoms with E-state index in [2.05, 4.69) is 10.6 Å². The number of hydrogen-bond donors (Lipinski definition) is 3. The maximum atomic E-state index is 11.4. The van der Waals surface area contributed by atoms with Gasteiger partial charge in [0, 0.05) is 5.69 Å². The van der Waals surface area contributed by atoms with Crippen LogP contribution in [0.2, 0.25) is 10.0 Å². The highest BCUT2D eigenvalue weighted by molar-refractivity contribution is 6.42. The molecule has 0 aliphatic rings. The van der Waals surface area contributed by atoms with Crippen molar-refractivity contribution in [2.24, 2.45) is 0 Å². The first-order valence-corrected chi connectivity index (χ1v) is 5.42. The number of amides is 2. The van der Waals surface area contributed by atoms with Crippen molar-refractivity contribution < 1.29 is 9.90 Å². The number of nitrogens with one attached hydrogen (secondary N) is 2. The van der Waals surface area contributed by atoms with Crippen LogP contribution in [0.25, 0.3) is 0 Å². The number of benzene rings is 1. The van der Waals surface area contributed by atoms with Crippen molar-refractivity contribution in [2.75, 3.05) is 11.9 Å². The number of halogens is 2. The summed E-state index contributed by atoms with van der Waals surface area (Å²) in [7, 11) is 0. The van der Waals surface area contributed by atoms with Crippen LogP contribution in [0, 0.1) is 0 Å². The molecule has 6 heteroatoms. The van der Waals surface area contributed by atoms with Gasteiger partial charge >= 0.3 is 6.03 Å². The van der Waals surface area contributed by atoms with Crippen molar-refractivity contribution in [1.82, 2.24) is 5.32 Å². The molecule has 1 aromatic carbocycles. The van der Waals surface area contributed by atoms with E-state index in [1.165, 1.54) is 0 Å². The van der Waals surface area contributed by atoms with Gasteiger partial charge in [0.1, 0.15) is 0 Å². The van der Waals surface area contributed by atoms with Crippen LogP contribution in [0.5, 0.6) is 0 Å². The Kier molecular flexibility index (Phi) is 4.86. The maximum Gasteiger partial charge on any atom is 0.319 e. The summed E-state index contributed by atoms with van der Waals surface area (Å²) < 4.78 is 0. The van der Waals surface area contributed by atoms with Crippen LogP contribution >= 0.6 is 23.2 Å². The number of rotatable bonds is 3. The van der Waals surface area contributed by atoms with Gasteiger partial charge in [-0.05, 0) is 25.1 Å². The predicted octanol–water partition coefficient (Wildman–Crippen LogP) is 2.50. The fraction of sp³-hybridized carbons (Fsp3) is 0.300. The minimum atomic E-state index is -0.403. The van der Waals surface area contributed by atoms with Crippen LogP contribution in [0.1, 0.15) is 6.92 Å². The molecule has 0 aromatic heterocycles. The Morgan fingerprint density at radius 2 is 2.12 bits per heavy atom. The predicted molar refractivity (Wildman–Crippen MR) is 65.2 cm³/mol. The lowest BCUT2D eigenvalue weighted by Crippen LogP contribution is -2.38. The maximum absolute atomic E-state index is 11.4. The Labute approximate surface area is 104 Å².